The molecule has 60 heavy (non-hydrogen) atoms. The predicted molar refractivity (Wildman–Crippen MR) is 228 cm³/mol. The lowest BCUT2D eigenvalue weighted by Crippen LogP contribution is -2.39. The van der Waals surface area contributed by atoms with E-state index in [1.807, 2.05) is 101 Å². The van der Waals surface area contributed by atoms with Crippen LogP contribution < -0.4 is 4.74 Å². The molecule has 0 saturated carbocycles. The van der Waals surface area contributed by atoms with Crippen LogP contribution in [0.3, 0.4) is 0 Å². The first-order chi connectivity index (χ1) is 29.1. The third kappa shape index (κ3) is 7.43. The lowest BCUT2D eigenvalue weighted by Gasteiger charge is -2.36. The highest BCUT2D eigenvalue weighted by atomic mass is 16.7. The van der Waals surface area contributed by atoms with E-state index in [0.717, 1.165) is 39.2 Å². The highest BCUT2D eigenvalue weighted by Gasteiger charge is 2.42. The molecule has 0 amide bonds. The van der Waals surface area contributed by atoms with E-state index in [-0.39, 0.29) is 5.56 Å². The van der Waals surface area contributed by atoms with Crippen molar-refractivity contribution < 1.29 is 23.8 Å². The van der Waals surface area contributed by atoms with E-state index in [9.17, 15) is 9.59 Å². The van der Waals surface area contributed by atoms with Gasteiger partial charge in [0.25, 0.3) is 6.01 Å². The number of hydrogen-bond acceptors (Lipinski definition) is 9. The van der Waals surface area contributed by atoms with Crippen LogP contribution in [0.25, 0.3) is 28.2 Å². The molecule has 12 nitrogen and oxygen atoms in total. The number of para-hydroxylation sites is 1. The van der Waals surface area contributed by atoms with Crippen LogP contribution in [0.4, 0.5) is 0 Å². The summed E-state index contributed by atoms with van der Waals surface area (Å²) in [7, 11) is 0. The number of rotatable bonds is 13. The Morgan fingerprint density at radius 2 is 1.35 bits per heavy atom. The van der Waals surface area contributed by atoms with Gasteiger partial charge in [0.15, 0.2) is 0 Å². The number of benzene rings is 5. The molecule has 0 atom stereocenters. The first-order valence-electron chi connectivity index (χ1n) is 19.8. The minimum atomic E-state index is -0.913. The van der Waals surface area contributed by atoms with Crippen LogP contribution >= 0.6 is 0 Å². The molecular formula is C48H45N7O5. The largest absolute Gasteiger partial charge is 0.465 e. The van der Waals surface area contributed by atoms with Gasteiger partial charge in [-0.15, -0.1) is 5.10 Å². The minimum absolute atomic E-state index is 0.275. The van der Waals surface area contributed by atoms with E-state index in [4.69, 9.17) is 29.5 Å². The Balaban J connectivity index is 1.16. The molecule has 3 heterocycles. The van der Waals surface area contributed by atoms with E-state index < -0.39 is 29.7 Å². The Bertz CT molecular complexity index is 2650. The van der Waals surface area contributed by atoms with Crippen molar-refractivity contribution in [1.82, 2.24) is 34.3 Å². The SMILES string of the molecule is CCOc1nc2cccc(C(=O)OCOC(=O)C(C)(C)C)c2n1Cc1ccc(-n2cc(C)cc2-c2nnnn2C(c2ccccc2)(c2ccccc2)c2ccccc2)cc1. The number of carbonyl (C=O) groups excluding carboxylic acids is 2. The van der Waals surface area contributed by atoms with E-state index in [2.05, 4.69) is 65.4 Å². The summed E-state index contributed by atoms with van der Waals surface area (Å²) in [6, 6.07) is 46.8. The lowest BCUT2D eigenvalue weighted by atomic mass is 9.77. The van der Waals surface area contributed by atoms with E-state index in [1.165, 1.54) is 0 Å². The van der Waals surface area contributed by atoms with Crippen molar-refractivity contribution in [2.45, 2.75) is 46.7 Å². The molecule has 0 spiro atoms. The second-order valence-electron chi connectivity index (χ2n) is 15.5. The maximum Gasteiger partial charge on any atom is 0.343 e. The summed E-state index contributed by atoms with van der Waals surface area (Å²) in [4.78, 5) is 30.4. The maximum absolute atomic E-state index is 13.4. The number of hydrogen-bond donors (Lipinski definition) is 0. The quantitative estimate of drug-likeness (QED) is 0.0639. The lowest BCUT2D eigenvalue weighted by molar-refractivity contribution is -0.161. The zero-order valence-electron chi connectivity index (χ0n) is 34.1. The average Bonchev–Trinajstić information content (AvgIpc) is 4.00. The van der Waals surface area contributed by atoms with Crippen LogP contribution in [0.2, 0.25) is 0 Å². The van der Waals surface area contributed by atoms with Gasteiger partial charge in [-0.3, -0.25) is 9.36 Å². The van der Waals surface area contributed by atoms with Gasteiger partial charge in [0.2, 0.25) is 12.6 Å². The van der Waals surface area contributed by atoms with Gasteiger partial charge in [0.1, 0.15) is 5.54 Å². The number of tetrazole rings is 1. The van der Waals surface area contributed by atoms with E-state index in [0.29, 0.717) is 36.0 Å². The average molecular weight is 800 g/mol. The molecule has 0 aliphatic heterocycles. The van der Waals surface area contributed by atoms with E-state index >= 15 is 0 Å². The second-order valence-corrected chi connectivity index (χ2v) is 15.5. The number of nitrogens with zero attached hydrogens (tertiary/aromatic N) is 7. The number of aromatic nitrogens is 7. The smallest absolute Gasteiger partial charge is 0.343 e. The Kier molecular flexibility index (Phi) is 10.9. The number of ether oxygens (including phenoxy) is 3. The summed E-state index contributed by atoms with van der Waals surface area (Å²) < 4.78 is 22.5. The molecule has 0 saturated heterocycles. The first kappa shape index (κ1) is 39.5. The van der Waals surface area contributed by atoms with Gasteiger partial charge in [-0.25, -0.2) is 9.48 Å². The number of esters is 2. The third-order valence-electron chi connectivity index (χ3n) is 10.3. The molecule has 12 heteroatoms. The van der Waals surface area contributed by atoms with Crippen LogP contribution in [0, 0.1) is 12.3 Å². The Morgan fingerprint density at radius 1 is 0.733 bits per heavy atom. The fourth-order valence-electron chi connectivity index (χ4n) is 7.55. The van der Waals surface area contributed by atoms with Crippen LogP contribution in [0.15, 0.2) is 146 Å². The molecule has 302 valence electrons. The monoisotopic (exact) mass is 799 g/mol. The van der Waals surface area contributed by atoms with Crippen LogP contribution in [-0.4, -0.2) is 59.7 Å². The zero-order valence-corrected chi connectivity index (χ0v) is 34.1. The summed E-state index contributed by atoms with van der Waals surface area (Å²) in [5.74, 6) is -0.529. The first-order valence-corrected chi connectivity index (χ1v) is 19.8. The molecule has 0 unspecified atom stereocenters. The van der Waals surface area contributed by atoms with Crippen molar-refractivity contribution in [2.24, 2.45) is 5.41 Å². The third-order valence-corrected chi connectivity index (χ3v) is 10.3. The topological polar surface area (TPSA) is 128 Å². The fraction of sp³-hybridized carbons (Fsp3) is 0.208. The molecule has 8 rings (SSSR count). The summed E-state index contributed by atoms with van der Waals surface area (Å²) >= 11 is 0. The highest BCUT2D eigenvalue weighted by molar-refractivity contribution is 6.02. The van der Waals surface area contributed by atoms with Crippen LogP contribution in [0.5, 0.6) is 6.01 Å². The summed E-state index contributed by atoms with van der Waals surface area (Å²) in [6.07, 6.45) is 2.08. The number of fused-ring (bicyclic) bond motifs is 1. The van der Waals surface area contributed by atoms with Gasteiger partial charge >= 0.3 is 11.9 Å². The number of carbonyl (C=O) groups is 2. The molecule has 5 aromatic carbocycles. The van der Waals surface area contributed by atoms with Gasteiger partial charge < -0.3 is 18.8 Å². The van der Waals surface area contributed by atoms with Crippen LogP contribution in [0.1, 0.15) is 65.9 Å². The Morgan fingerprint density at radius 3 is 1.93 bits per heavy atom. The normalized spacial score (nSPS) is 11.8. The van der Waals surface area contributed by atoms with Gasteiger partial charge in [-0.05, 0) is 103 Å². The molecule has 3 aromatic heterocycles. The molecule has 0 radical (unpaired) electrons. The van der Waals surface area contributed by atoms with Gasteiger partial charge in [-0.2, -0.15) is 4.98 Å². The van der Waals surface area contributed by atoms with Gasteiger partial charge in [-0.1, -0.05) is 109 Å². The fourth-order valence-corrected chi connectivity index (χ4v) is 7.55. The molecule has 8 aromatic rings. The Hall–Kier alpha value is -7.34. The summed E-state index contributed by atoms with van der Waals surface area (Å²) in [5, 5.41) is 13.8. The van der Waals surface area contributed by atoms with Crippen molar-refractivity contribution in [3.63, 3.8) is 0 Å². The van der Waals surface area contributed by atoms with Gasteiger partial charge in [0.05, 0.1) is 40.9 Å². The molecular weight excluding hydrogens is 755 g/mol. The standard InChI is InChI=1S/C48H45N7O5/c1-6-58-46-49-40-24-16-23-39(44(56)59-32-60-45(57)47(3,4)5)42(40)54(46)31-34-25-27-38(28-26-34)53-30-33(2)29-41(53)43-50-51-52-55(43)48(35-17-10-7-11-18-35,36-19-12-8-13-20-36)37-21-14-9-15-22-37/h7-30H,6,31-32H2,1-5H3. The molecule has 0 aliphatic rings. The maximum atomic E-state index is 13.4. The summed E-state index contributed by atoms with van der Waals surface area (Å²) in [6.45, 7) is 9.35. The van der Waals surface area contributed by atoms with Crippen molar-refractivity contribution in [2.75, 3.05) is 13.4 Å². The number of aryl methyl sites for hydroxylation is 1. The minimum Gasteiger partial charge on any atom is -0.465 e. The van der Waals surface area contributed by atoms with E-state index in [1.54, 1.807) is 32.9 Å². The molecule has 0 aliphatic carbocycles. The van der Waals surface area contributed by atoms with Crippen molar-refractivity contribution in [1.29, 1.82) is 0 Å². The van der Waals surface area contributed by atoms with Crippen molar-refractivity contribution in [3.8, 4) is 23.2 Å². The predicted octanol–water partition coefficient (Wildman–Crippen LogP) is 8.78. The second kappa shape index (κ2) is 16.5. The highest BCUT2D eigenvalue weighted by Crippen LogP contribution is 2.42. The molecule has 0 N–H and O–H groups in total. The van der Waals surface area contributed by atoms with Crippen molar-refractivity contribution in [3.05, 3.63) is 179 Å². The zero-order chi connectivity index (χ0) is 41.9. The number of imidazole rings is 1. The molecule has 0 fully saturated rings. The Labute approximate surface area is 348 Å². The van der Waals surface area contributed by atoms with Crippen LogP contribution in [-0.2, 0) is 26.4 Å². The van der Waals surface area contributed by atoms with Gasteiger partial charge in [0, 0.05) is 11.9 Å². The molecule has 0 bridgehead atoms. The van der Waals surface area contributed by atoms with Crippen molar-refractivity contribution >= 4 is 23.0 Å². The summed E-state index contributed by atoms with van der Waals surface area (Å²) in [5.41, 5.74) is 6.45.